The van der Waals surface area contributed by atoms with Crippen molar-refractivity contribution in [2.24, 2.45) is 0 Å². The molecule has 1 aliphatic rings. The molecule has 1 aliphatic heterocycles. The molecule has 2 aromatic carbocycles. The number of carbonyl (C=O) groups is 1. The van der Waals surface area contributed by atoms with Crippen LogP contribution in [0.1, 0.15) is 16.8 Å². The van der Waals surface area contributed by atoms with Gasteiger partial charge in [0.1, 0.15) is 11.5 Å². The Hall–Kier alpha value is -3.69. The zero-order valence-corrected chi connectivity index (χ0v) is 20.2. The summed E-state index contributed by atoms with van der Waals surface area (Å²) in [6, 6.07) is 15.2. The number of aldehydes is 1. The number of rotatable bonds is 6. The maximum atomic E-state index is 13.7. The SMILES string of the molecule is CN(C)C1CCN(c2nc(-c3ccc(F)cc3)c(-c3n[nH]c(=O)cc3-c3ccccc3C=O)s2)C1. The average molecular weight is 490 g/mol. The molecule has 7 nitrogen and oxygen atoms in total. The summed E-state index contributed by atoms with van der Waals surface area (Å²) >= 11 is 1.48. The second-order valence-electron chi connectivity index (χ2n) is 8.73. The number of anilines is 1. The van der Waals surface area contributed by atoms with E-state index in [0.717, 1.165) is 41.4 Å². The highest BCUT2D eigenvalue weighted by Crippen LogP contribution is 2.43. The minimum Gasteiger partial charge on any atom is -0.346 e. The number of nitrogens with one attached hydrogen (secondary N) is 1. The van der Waals surface area contributed by atoms with Crippen LogP contribution in [0, 0.1) is 5.82 Å². The summed E-state index contributed by atoms with van der Waals surface area (Å²) in [6.45, 7) is 1.72. The second-order valence-corrected chi connectivity index (χ2v) is 9.71. The summed E-state index contributed by atoms with van der Waals surface area (Å²) in [7, 11) is 4.15. The van der Waals surface area contributed by atoms with E-state index in [1.807, 2.05) is 6.07 Å². The van der Waals surface area contributed by atoms with Gasteiger partial charge in [0.05, 0.1) is 10.6 Å². The molecular formula is C26H24FN5O2S. The highest BCUT2D eigenvalue weighted by atomic mass is 32.1. The van der Waals surface area contributed by atoms with Crippen LogP contribution in [0.3, 0.4) is 0 Å². The maximum absolute atomic E-state index is 13.7. The quantitative estimate of drug-likeness (QED) is 0.406. The van der Waals surface area contributed by atoms with E-state index in [9.17, 15) is 14.0 Å². The predicted molar refractivity (Wildman–Crippen MR) is 136 cm³/mol. The number of nitrogens with zero attached hydrogens (tertiary/aromatic N) is 4. The number of aromatic amines is 1. The minimum atomic E-state index is -0.370. The average Bonchev–Trinajstić information content (AvgIpc) is 3.52. The molecule has 4 aromatic rings. The fraction of sp³-hybridized carbons (Fsp3) is 0.231. The number of carbonyl (C=O) groups excluding carboxylic acids is 1. The first-order valence-electron chi connectivity index (χ1n) is 11.3. The molecule has 9 heteroatoms. The second kappa shape index (κ2) is 9.52. The van der Waals surface area contributed by atoms with Crippen molar-refractivity contribution in [1.82, 2.24) is 20.1 Å². The fourth-order valence-electron chi connectivity index (χ4n) is 4.37. The molecule has 1 atom stereocenters. The molecule has 5 rings (SSSR count). The molecule has 1 N–H and O–H groups in total. The molecule has 3 heterocycles. The molecule has 1 saturated heterocycles. The van der Waals surface area contributed by atoms with Crippen molar-refractivity contribution in [3.63, 3.8) is 0 Å². The monoisotopic (exact) mass is 489 g/mol. The number of benzene rings is 2. The van der Waals surface area contributed by atoms with E-state index in [2.05, 4.69) is 34.1 Å². The molecule has 0 aliphatic carbocycles. The van der Waals surface area contributed by atoms with E-state index in [0.29, 0.717) is 34.1 Å². The lowest BCUT2D eigenvalue weighted by Crippen LogP contribution is -2.31. The van der Waals surface area contributed by atoms with Gasteiger partial charge >= 0.3 is 0 Å². The Balaban J connectivity index is 1.70. The van der Waals surface area contributed by atoms with Gasteiger partial charge < -0.3 is 9.80 Å². The smallest absolute Gasteiger partial charge is 0.264 e. The van der Waals surface area contributed by atoms with Crippen LogP contribution >= 0.6 is 11.3 Å². The Labute approximate surface area is 205 Å². The highest BCUT2D eigenvalue weighted by molar-refractivity contribution is 7.19. The van der Waals surface area contributed by atoms with Gasteiger partial charge in [-0.15, -0.1) is 0 Å². The molecule has 0 radical (unpaired) electrons. The maximum Gasteiger partial charge on any atom is 0.264 e. The number of halogens is 1. The number of thiazole rings is 1. The summed E-state index contributed by atoms with van der Waals surface area (Å²) in [5.74, 6) is -0.332. The van der Waals surface area contributed by atoms with Crippen molar-refractivity contribution in [3.05, 3.63) is 76.3 Å². The van der Waals surface area contributed by atoms with Crippen LogP contribution in [-0.2, 0) is 0 Å². The summed E-state index contributed by atoms with van der Waals surface area (Å²) in [6.07, 6.45) is 1.80. The van der Waals surface area contributed by atoms with Gasteiger partial charge in [-0.3, -0.25) is 9.59 Å². The van der Waals surface area contributed by atoms with Crippen LogP contribution in [0.15, 0.2) is 59.4 Å². The van der Waals surface area contributed by atoms with Gasteiger partial charge in [-0.05, 0) is 50.3 Å². The Bertz CT molecular complexity index is 1430. The lowest BCUT2D eigenvalue weighted by atomic mass is 9.98. The van der Waals surface area contributed by atoms with E-state index < -0.39 is 0 Å². The Morgan fingerprint density at radius 1 is 1.11 bits per heavy atom. The van der Waals surface area contributed by atoms with Crippen LogP contribution in [0.2, 0.25) is 0 Å². The van der Waals surface area contributed by atoms with E-state index >= 15 is 0 Å². The molecule has 1 unspecified atom stereocenters. The molecular weight excluding hydrogens is 465 g/mol. The van der Waals surface area contributed by atoms with Gasteiger partial charge in [0.25, 0.3) is 5.56 Å². The summed E-state index contributed by atoms with van der Waals surface area (Å²) in [5, 5.41) is 7.78. The van der Waals surface area contributed by atoms with Gasteiger partial charge in [0.15, 0.2) is 11.4 Å². The van der Waals surface area contributed by atoms with E-state index in [1.54, 1.807) is 30.3 Å². The van der Waals surface area contributed by atoms with Crippen molar-refractivity contribution in [2.45, 2.75) is 12.5 Å². The topological polar surface area (TPSA) is 82.2 Å². The van der Waals surface area contributed by atoms with Crippen LogP contribution in [0.25, 0.3) is 33.0 Å². The molecule has 35 heavy (non-hydrogen) atoms. The first kappa shape index (κ1) is 23.1. The first-order valence-corrected chi connectivity index (χ1v) is 12.1. The molecule has 0 spiro atoms. The van der Waals surface area contributed by atoms with Gasteiger partial charge in [-0.2, -0.15) is 5.10 Å². The molecule has 1 fully saturated rings. The Morgan fingerprint density at radius 2 is 1.89 bits per heavy atom. The third-order valence-electron chi connectivity index (χ3n) is 6.30. The van der Waals surface area contributed by atoms with Gasteiger partial charge in [0.2, 0.25) is 0 Å². The first-order chi connectivity index (χ1) is 16.9. The number of hydrogen-bond donors (Lipinski definition) is 1. The number of hydrogen-bond acceptors (Lipinski definition) is 7. The zero-order valence-electron chi connectivity index (χ0n) is 19.4. The lowest BCUT2D eigenvalue weighted by Gasteiger charge is -2.19. The largest absolute Gasteiger partial charge is 0.346 e. The van der Waals surface area contributed by atoms with E-state index in [4.69, 9.17) is 4.98 Å². The molecule has 178 valence electrons. The number of likely N-dealkylation sites (N-methyl/N-ethyl adjacent to an activating group) is 1. The minimum absolute atomic E-state index is 0.332. The summed E-state index contributed by atoms with van der Waals surface area (Å²) in [5.41, 5.74) is 3.17. The lowest BCUT2D eigenvalue weighted by molar-refractivity contribution is 0.112. The summed E-state index contributed by atoms with van der Waals surface area (Å²) < 4.78 is 13.7. The van der Waals surface area contributed by atoms with Crippen molar-refractivity contribution in [3.8, 4) is 33.0 Å². The van der Waals surface area contributed by atoms with Crippen molar-refractivity contribution in [1.29, 1.82) is 0 Å². The van der Waals surface area contributed by atoms with E-state index in [-0.39, 0.29) is 11.4 Å². The van der Waals surface area contributed by atoms with Crippen LogP contribution in [0.5, 0.6) is 0 Å². The third kappa shape index (κ3) is 4.52. The van der Waals surface area contributed by atoms with Crippen molar-refractivity contribution in [2.75, 3.05) is 32.1 Å². The number of aromatic nitrogens is 3. The zero-order chi connectivity index (χ0) is 24.5. The number of H-pyrrole nitrogens is 1. The normalized spacial score (nSPS) is 15.7. The van der Waals surface area contributed by atoms with Gasteiger partial charge in [0, 0.05) is 41.9 Å². The highest BCUT2D eigenvalue weighted by Gasteiger charge is 2.29. The standard InChI is InChI=1S/C26H24FN5O2S/c1-31(2)19-11-12-32(14-19)26-28-23(16-7-9-18(27)10-8-16)25(35-26)24-21(13-22(34)29-30-24)20-6-4-3-5-17(20)15-33/h3-10,13,15,19H,11-12,14H2,1-2H3,(H,29,34). The van der Waals surface area contributed by atoms with Crippen molar-refractivity contribution >= 4 is 22.8 Å². The van der Waals surface area contributed by atoms with Gasteiger partial charge in [-0.25, -0.2) is 14.5 Å². The van der Waals surface area contributed by atoms with E-state index in [1.165, 1.54) is 29.5 Å². The predicted octanol–water partition coefficient (Wildman–Crippen LogP) is 4.32. The van der Waals surface area contributed by atoms with Crippen LogP contribution in [0.4, 0.5) is 9.52 Å². The molecule has 0 bridgehead atoms. The van der Waals surface area contributed by atoms with Crippen LogP contribution in [-0.4, -0.2) is 59.6 Å². The molecule has 2 aromatic heterocycles. The van der Waals surface area contributed by atoms with Crippen LogP contribution < -0.4 is 10.5 Å². The fourth-order valence-corrected chi connectivity index (χ4v) is 5.50. The van der Waals surface area contributed by atoms with Gasteiger partial charge in [-0.1, -0.05) is 35.6 Å². The third-order valence-corrected chi connectivity index (χ3v) is 7.42. The molecule has 0 amide bonds. The molecule has 0 saturated carbocycles. The Morgan fingerprint density at radius 3 is 2.60 bits per heavy atom. The summed E-state index contributed by atoms with van der Waals surface area (Å²) in [4.78, 5) is 34.2. The Kier molecular flexibility index (Phi) is 6.27. The van der Waals surface area contributed by atoms with Crippen molar-refractivity contribution < 1.29 is 9.18 Å².